The van der Waals surface area contributed by atoms with Crippen LogP contribution in [0.1, 0.15) is 43.0 Å². The van der Waals surface area contributed by atoms with Gasteiger partial charge in [0.25, 0.3) is 5.91 Å². The van der Waals surface area contributed by atoms with Crippen molar-refractivity contribution in [1.82, 2.24) is 0 Å². The van der Waals surface area contributed by atoms with E-state index in [0.29, 0.717) is 17.7 Å². The Labute approximate surface area is 212 Å². The number of carbonyl (C=O) groups excluding carboxylic acids is 2. The lowest BCUT2D eigenvalue weighted by molar-refractivity contribution is -0.138. The summed E-state index contributed by atoms with van der Waals surface area (Å²) < 4.78 is 61.1. The number of hydrogen-bond donors (Lipinski definition) is 2. The molecule has 2 N–H and O–H groups in total. The first-order chi connectivity index (χ1) is 17.3. The van der Waals surface area contributed by atoms with E-state index in [1.165, 1.54) is 36.6 Å². The van der Waals surface area contributed by atoms with Gasteiger partial charge in [-0.25, -0.2) is 9.38 Å². The molecule has 2 aromatic carbocycles. The Morgan fingerprint density at radius 2 is 1.84 bits per heavy atom. The maximum atomic E-state index is 14.8. The third kappa shape index (κ3) is 7.33. The highest BCUT2D eigenvalue weighted by molar-refractivity contribution is 6.17. The maximum Gasteiger partial charge on any atom is 0.416 e. The first-order valence-electron chi connectivity index (χ1n) is 11.6. The molecule has 0 fully saturated rings. The molecule has 3 rings (SSSR count). The molecule has 198 valence electrons. The Bertz CT molecular complexity index is 1240. The molecule has 1 unspecified atom stereocenters. The van der Waals surface area contributed by atoms with E-state index in [4.69, 9.17) is 4.74 Å². The highest BCUT2D eigenvalue weighted by Crippen LogP contribution is 2.36. The fourth-order valence-electron chi connectivity index (χ4n) is 3.85. The van der Waals surface area contributed by atoms with Crippen LogP contribution in [-0.2, 0) is 33.3 Å². The van der Waals surface area contributed by atoms with Gasteiger partial charge in [0.15, 0.2) is 6.10 Å². The predicted molar refractivity (Wildman–Crippen MR) is 132 cm³/mol. The Morgan fingerprint density at radius 3 is 2.46 bits per heavy atom. The number of hydrogen-bond acceptors (Lipinski definition) is 4. The lowest BCUT2D eigenvalue weighted by atomic mass is 9.84. The molecule has 0 saturated carbocycles. The number of benzene rings is 2. The Hall–Kier alpha value is -3.37. The van der Waals surface area contributed by atoms with E-state index in [9.17, 15) is 32.3 Å². The summed E-state index contributed by atoms with van der Waals surface area (Å²) in [4.78, 5) is 28.0. The fraction of sp³-hybridized carbons (Fsp3) is 0.370. The van der Waals surface area contributed by atoms with Gasteiger partial charge in [0.2, 0.25) is 5.91 Å². The van der Waals surface area contributed by atoms with Crippen LogP contribution in [0.3, 0.4) is 0 Å². The minimum atomic E-state index is -4.66. The summed E-state index contributed by atoms with van der Waals surface area (Å²) in [5.74, 6) is -1.84. The number of allylic oxidation sites excluding steroid dienone is 1. The summed E-state index contributed by atoms with van der Waals surface area (Å²) in [5.41, 5.74) is -0.781. The molecule has 0 aromatic heterocycles. The van der Waals surface area contributed by atoms with Crippen LogP contribution in [0.5, 0.6) is 0 Å². The molecular formula is C27H28F4N2O4. The zero-order valence-electron chi connectivity index (χ0n) is 20.7. The molecule has 0 radical (unpaired) electrons. The van der Waals surface area contributed by atoms with Gasteiger partial charge >= 0.3 is 6.18 Å². The van der Waals surface area contributed by atoms with Gasteiger partial charge in [-0.2, -0.15) is 13.2 Å². The highest BCUT2D eigenvalue weighted by atomic mass is 19.4. The first-order valence-corrected chi connectivity index (χ1v) is 11.6. The molecule has 1 heterocycles. The number of anilines is 1. The number of ether oxygens (including phenoxy) is 1. The molecule has 0 aliphatic carbocycles. The van der Waals surface area contributed by atoms with Gasteiger partial charge in [-0.05, 0) is 65.3 Å². The second-order valence-electron chi connectivity index (χ2n) is 9.49. The number of aliphatic hydroxyl groups is 1. The third-order valence-electron chi connectivity index (χ3n) is 5.78. The molecule has 1 aliphatic rings. The summed E-state index contributed by atoms with van der Waals surface area (Å²) in [7, 11) is 0. The van der Waals surface area contributed by atoms with Crippen LogP contribution >= 0.6 is 0 Å². The molecule has 10 heteroatoms. The van der Waals surface area contributed by atoms with Crippen molar-refractivity contribution in [2.75, 3.05) is 18.5 Å². The number of nitrogens with zero attached hydrogens (tertiary/aromatic N) is 1. The zero-order chi connectivity index (χ0) is 27.4. The van der Waals surface area contributed by atoms with Crippen molar-refractivity contribution in [2.24, 2.45) is 10.4 Å². The molecule has 37 heavy (non-hydrogen) atoms. The van der Waals surface area contributed by atoms with Crippen LogP contribution in [0.4, 0.5) is 23.2 Å². The minimum absolute atomic E-state index is 0.0000138. The molecule has 6 nitrogen and oxygen atoms in total. The lowest BCUT2D eigenvalue weighted by Gasteiger charge is -2.24. The second kappa shape index (κ2) is 11.4. The molecule has 0 spiro atoms. The summed E-state index contributed by atoms with van der Waals surface area (Å²) in [6.07, 6.45) is -3.09. The quantitative estimate of drug-likeness (QED) is 0.457. The lowest BCUT2D eigenvalue weighted by Crippen LogP contribution is -2.23. The standard InChI is InChI=1S/C27H28F4N2O4/c1-4-37-23-10-19(14-32-25(23)36)16-5-6-17(22(28)9-16)11-24(35)33-20-8-7-18(13-26(2,3)15-34)21(12-20)27(29,30)31/h5-10,12,14,23,34H,4,11,13,15H2,1-3H3,(H,33,35). The van der Waals surface area contributed by atoms with Gasteiger partial charge in [0.1, 0.15) is 5.82 Å². The van der Waals surface area contributed by atoms with Crippen LogP contribution in [-0.4, -0.2) is 42.5 Å². The number of alkyl halides is 3. The van der Waals surface area contributed by atoms with Crippen molar-refractivity contribution >= 4 is 29.3 Å². The van der Waals surface area contributed by atoms with E-state index < -0.39 is 47.3 Å². The molecule has 2 amide bonds. The fourth-order valence-corrected chi connectivity index (χ4v) is 3.85. The van der Waals surface area contributed by atoms with E-state index in [1.807, 2.05) is 0 Å². The zero-order valence-corrected chi connectivity index (χ0v) is 20.7. The van der Waals surface area contributed by atoms with Gasteiger partial charge < -0.3 is 15.2 Å². The van der Waals surface area contributed by atoms with Crippen LogP contribution in [0.15, 0.2) is 47.5 Å². The predicted octanol–water partition coefficient (Wildman–Crippen LogP) is 4.99. The van der Waals surface area contributed by atoms with E-state index in [0.717, 1.165) is 6.07 Å². The number of carbonyl (C=O) groups is 2. The monoisotopic (exact) mass is 520 g/mol. The number of dihydropyridines is 1. The average molecular weight is 521 g/mol. The van der Waals surface area contributed by atoms with Gasteiger partial charge in [-0.15, -0.1) is 0 Å². The van der Waals surface area contributed by atoms with Crippen LogP contribution in [0.25, 0.3) is 5.57 Å². The average Bonchev–Trinajstić information content (AvgIpc) is 2.82. The summed E-state index contributed by atoms with van der Waals surface area (Å²) in [5, 5.41) is 11.8. The molecule has 0 saturated heterocycles. The SMILES string of the molecule is CCOC1C=C(c2ccc(CC(=O)Nc3ccc(CC(C)(C)CO)c(C(F)(F)F)c3)c(F)c2)C=NC1=O. The smallest absolute Gasteiger partial charge is 0.396 e. The second-order valence-corrected chi connectivity index (χ2v) is 9.49. The number of aliphatic hydroxyl groups excluding tert-OH is 1. The Balaban J connectivity index is 1.75. The summed E-state index contributed by atoms with van der Waals surface area (Å²) >= 11 is 0. The van der Waals surface area contributed by atoms with E-state index in [1.54, 1.807) is 26.8 Å². The van der Waals surface area contributed by atoms with Gasteiger partial charge in [-0.3, -0.25) is 9.59 Å². The van der Waals surface area contributed by atoms with Gasteiger partial charge in [0.05, 0.1) is 12.0 Å². The summed E-state index contributed by atoms with van der Waals surface area (Å²) in [6.45, 7) is 5.04. The Morgan fingerprint density at radius 1 is 1.14 bits per heavy atom. The summed E-state index contributed by atoms with van der Waals surface area (Å²) in [6, 6.07) is 7.60. The first kappa shape index (κ1) is 28.2. The van der Waals surface area contributed by atoms with E-state index >= 15 is 0 Å². The molecule has 1 atom stereocenters. The van der Waals surface area contributed by atoms with E-state index in [-0.39, 0.29) is 29.8 Å². The van der Waals surface area contributed by atoms with Crippen molar-refractivity contribution in [3.63, 3.8) is 0 Å². The number of aliphatic imine (C=N–C) groups is 1. The number of amides is 2. The number of halogens is 4. The van der Waals surface area contributed by atoms with Crippen LogP contribution < -0.4 is 5.32 Å². The third-order valence-corrected chi connectivity index (χ3v) is 5.78. The van der Waals surface area contributed by atoms with Crippen molar-refractivity contribution in [3.8, 4) is 0 Å². The van der Waals surface area contributed by atoms with Gasteiger partial charge in [-0.1, -0.05) is 32.0 Å². The molecule has 1 aliphatic heterocycles. The maximum absolute atomic E-state index is 14.8. The number of rotatable bonds is 9. The van der Waals surface area contributed by atoms with Crippen molar-refractivity contribution in [1.29, 1.82) is 0 Å². The normalized spacial score (nSPS) is 16.1. The van der Waals surface area contributed by atoms with Crippen LogP contribution in [0, 0.1) is 11.2 Å². The topological polar surface area (TPSA) is 88.0 Å². The number of nitrogens with one attached hydrogen (secondary N) is 1. The Kier molecular flexibility index (Phi) is 8.65. The van der Waals surface area contributed by atoms with Gasteiger partial charge in [0, 0.05) is 25.1 Å². The molecule has 0 bridgehead atoms. The van der Waals surface area contributed by atoms with Crippen molar-refractivity contribution in [3.05, 3.63) is 70.5 Å². The van der Waals surface area contributed by atoms with Crippen LogP contribution in [0.2, 0.25) is 0 Å². The van der Waals surface area contributed by atoms with Crippen molar-refractivity contribution in [2.45, 2.75) is 45.9 Å². The highest BCUT2D eigenvalue weighted by Gasteiger charge is 2.35. The van der Waals surface area contributed by atoms with E-state index in [2.05, 4.69) is 10.3 Å². The molecular weight excluding hydrogens is 492 g/mol. The minimum Gasteiger partial charge on any atom is -0.396 e. The largest absolute Gasteiger partial charge is 0.416 e. The molecule has 2 aromatic rings. The van der Waals surface area contributed by atoms with Crippen molar-refractivity contribution < 1.29 is 37.0 Å².